The van der Waals surface area contributed by atoms with Gasteiger partial charge in [0.25, 0.3) is 0 Å². The molecule has 1 N–H and O–H groups in total. The van der Waals surface area contributed by atoms with Crippen molar-refractivity contribution in [3.05, 3.63) is 53.3 Å². The van der Waals surface area contributed by atoms with Crippen LogP contribution in [-0.2, 0) is 12.1 Å². The third-order valence-electron chi connectivity index (χ3n) is 3.49. The van der Waals surface area contributed by atoms with E-state index < -0.39 is 5.54 Å². The van der Waals surface area contributed by atoms with E-state index in [1.165, 1.54) is 17.4 Å². The summed E-state index contributed by atoms with van der Waals surface area (Å²) in [5.41, 5.74) is 0.369. The number of halogens is 1. The molecule has 6 nitrogen and oxygen atoms in total. The van der Waals surface area contributed by atoms with Gasteiger partial charge in [0.1, 0.15) is 16.5 Å². The molecule has 0 saturated heterocycles. The first-order valence-electron chi connectivity index (χ1n) is 7.58. The van der Waals surface area contributed by atoms with Gasteiger partial charge in [-0.25, -0.2) is 19.3 Å². The molecule has 0 spiro atoms. The van der Waals surface area contributed by atoms with Crippen LogP contribution in [0.25, 0.3) is 10.6 Å². The summed E-state index contributed by atoms with van der Waals surface area (Å²) < 4.78 is 14.0. The zero-order valence-corrected chi connectivity index (χ0v) is 14.7. The maximum atomic E-state index is 14.0. The molecule has 128 valence electrons. The lowest BCUT2D eigenvalue weighted by Gasteiger charge is -2.25. The Hall–Kier alpha value is -2.74. The van der Waals surface area contributed by atoms with Crippen molar-refractivity contribution in [3.8, 4) is 10.6 Å². The largest absolute Gasteiger partial charge is 0.344 e. The molecule has 3 rings (SSSR count). The van der Waals surface area contributed by atoms with E-state index in [1.54, 1.807) is 30.9 Å². The molecule has 3 heterocycles. The quantitative estimate of drug-likeness (QED) is 0.682. The van der Waals surface area contributed by atoms with Gasteiger partial charge >= 0.3 is 0 Å². The van der Waals surface area contributed by atoms with Crippen molar-refractivity contribution < 1.29 is 4.39 Å². The first-order valence-corrected chi connectivity index (χ1v) is 8.40. The molecule has 0 amide bonds. The van der Waals surface area contributed by atoms with Crippen molar-refractivity contribution >= 4 is 24.0 Å². The second kappa shape index (κ2) is 7.02. The number of anilines is 1. The number of aliphatic imine (C=N–C) groups is 1. The second-order valence-electron chi connectivity index (χ2n) is 5.89. The van der Waals surface area contributed by atoms with Crippen LogP contribution in [0.2, 0.25) is 0 Å². The van der Waals surface area contributed by atoms with Gasteiger partial charge < -0.3 is 5.32 Å². The van der Waals surface area contributed by atoms with Crippen LogP contribution >= 0.6 is 11.3 Å². The predicted octanol–water partition coefficient (Wildman–Crippen LogP) is 3.68. The first kappa shape index (κ1) is 17.1. The minimum absolute atomic E-state index is 0.309. The van der Waals surface area contributed by atoms with Crippen molar-refractivity contribution in [3.63, 3.8) is 0 Å². The maximum Gasteiger partial charge on any atom is 0.223 e. The lowest BCUT2D eigenvalue weighted by Crippen LogP contribution is -2.31. The van der Waals surface area contributed by atoms with Gasteiger partial charge in [0.05, 0.1) is 12.1 Å². The molecule has 0 aliphatic rings. The van der Waals surface area contributed by atoms with E-state index in [2.05, 4.69) is 37.0 Å². The van der Waals surface area contributed by atoms with Gasteiger partial charge in [-0.3, -0.25) is 9.98 Å². The van der Waals surface area contributed by atoms with E-state index in [-0.39, 0.29) is 5.82 Å². The highest BCUT2D eigenvalue weighted by molar-refractivity contribution is 7.15. The van der Waals surface area contributed by atoms with Gasteiger partial charge in [-0.2, -0.15) is 0 Å². The van der Waals surface area contributed by atoms with Crippen LogP contribution in [-0.4, -0.2) is 26.7 Å². The molecule has 8 heteroatoms. The molecule has 3 aromatic rings. The SMILES string of the molecule is C=NCc1cnc(-c2cnc(NC(C)(C)c3ncccc3F)nc2)s1. The summed E-state index contributed by atoms with van der Waals surface area (Å²) in [7, 11) is 0. The Bertz CT molecular complexity index is 875. The number of aromatic nitrogens is 4. The number of nitrogens with zero attached hydrogens (tertiary/aromatic N) is 5. The van der Waals surface area contributed by atoms with E-state index in [9.17, 15) is 4.39 Å². The molecule has 0 fully saturated rings. The van der Waals surface area contributed by atoms with Crippen LogP contribution in [0.3, 0.4) is 0 Å². The number of hydrogen-bond donors (Lipinski definition) is 1. The number of rotatable bonds is 6. The van der Waals surface area contributed by atoms with Crippen molar-refractivity contribution in [1.29, 1.82) is 0 Å². The van der Waals surface area contributed by atoms with Gasteiger partial charge in [0.2, 0.25) is 5.95 Å². The summed E-state index contributed by atoms with van der Waals surface area (Å²) >= 11 is 1.52. The molecule has 0 aliphatic carbocycles. The van der Waals surface area contributed by atoms with Crippen molar-refractivity contribution in [2.75, 3.05) is 5.32 Å². The Morgan fingerprint density at radius 3 is 2.64 bits per heavy atom. The molecule has 0 unspecified atom stereocenters. The summed E-state index contributed by atoms with van der Waals surface area (Å²) in [5, 5.41) is 3.93. The third-order valence-corrected chi connectivity index (χ3v) is 4.53. The Balaban J connectivity index is 1.78. The molecular formula is C17H17FN6S. The minimum atomic E-state index is -0.753. The van der Waals surface area contributed by atoms with Crippen molar-refractivity contribution in [2.45, 2.75) is 25.9 Å². The molecule has 0 saturated carbocycles. The average Bonchev–Trinajstić information content (AvgIpc) is 3.04. The Morgan fingerprint density at radius 1 is 1.20 bits per heavy atom. The highest BCUT2D eigenvalue weighted by atomic mass is 32.1. The van der Waals surface area contributed by atoms with Crippen LogP contribution in [0.5, 0.6) is 0 Å². The zero-order valence-electron chi connectivity index (χ0n) is 13.9. The average molecular weight is 356 g/mol. The molecule has 3 aromatic heterocycles. The number of thiazole rings is 1. The second-order valence-corrected chi connectivity index (χ2v) is 7.01. The highest BCUT2D eigenvalue weighted by Crippen LogP contribution is 2.27. The smallest absolute Gasteiger partial charge is 0.223 e. The molecule has 0 aromatic carbocycles. The van der Waals surface area contributed by atoms with Gasteiger partial charge in [-0.15, -0.1) is 11.3 Å². The standard InChI is InChI=1S/C17H17FN6S/c1-17(2,14-13(18)5-4-6-20-14)24-16-22-7-11(8-23-16)15-21-10-12(25-15)9-19-3/h4-8,10H,3,9H2,1-2H3,(H,22,23,24). The van der Waals surface area contributed by atoms with E-state index in [0.717, 1.165) is 15.4 Å². The van der Waals surface area contributed by atoms with Gasteiger partial charge in [-0.1, -0.05) is 0 Å². The van der Waals surface area contributed by atoms with Gasteiger partial charge in [-0.05, 0) is 32.7 Å². The van der Waals surface area contributed by atoms with Gasteiger partial charge in [0.15, 0.2) is 0 Å². The summed E-state index contributed by atoms with van der Waals surface area (Å²) in [6, 6.07) is 2.94. The maximum absolute atomic E-state index is 14.0. The Labute approximate surface area is 148 Å². The Morgan fingerprint density at radius 2 is 1.96 bits per heavy atom. The highest BCUT2D eigenvalue weighted by Gasteiger charge is 2.26. The number of hydrogen-bond acceptors (Lipinski definition) is 7. The van der Waals surface area contributed by atoms with Crippen LogP contribution < -0.4 is 5.32 Å². The predicted molar refractivity (Wildman–Crippen MR) is 97.2 cm³/mol. The number of nitrogens with one attached hydrogen (secondary N) is 1. The topological polar surface area (TPSA) is 76.0 Å². The van der Waals surface area contributed by atoms with Crippen molar-refractivity contribution in [2.24, 2.45) is 4.99 Å². The van der Waals surface area contributed by atoms with E-state index in [1.807, 2.05) is 13.8 Å². The van der Waals surface area contributed by atoms with Crippen molar-refractivity contribution in [1.82, 2.24) is 19.9 Å². The fourth-order valence-electron chi connectivity index (χ4n) is 2.31. The third kappa shape index (κ3) is 3.85. The summed E-state index contributed by atoms with van der Waals surface area (Å²) in [6.45, 7) is 7.67. The monoisotopic (exact) mass is 356 g/mol. The number of pyridine rings is 1. The molecule has 25 heavy (non-hydrogen) atoms. The van der Waals surface area contributed by atoms with Crippen LogP contribution in [0, 0.1) is 5.82 Å². The fourth-order valence-corrected chi connectivity index (χ4v) is 3.15. The zero-order chi connectivity index (χ0) is 17.9. The van der Waals surface area contributed by atoms with Crippen LogP contribution in [0.15, 0.2) is 41.9 Å². The van der Waals surface area contributed by atoms with Crippen LogP contribution in [0.1, 0.15) is 24.4 Å². The normalized spacial score (nSPS) is 11.3. The Kier molecular flexibility index (Phi) is 4.80. The lowest BCUT2D eigenvalue weighted by molar-refractivity contribution is 0.510. The van der Waals surface area contributed by atoms with Gasteiger partial charge in [0, 0.05) is 35.2 Å². The minimum Gasteiger partial charge on any atom is -0.344 e. The molecule has 0 atom stereocenters. The summed E-state index contributed by atoms with van der Waals surface area (Å²) in [6.07, 6.45) is 6.70. The van der Waals surface area contributed by atoms with Crippen LogP contribution in [0.4, 0.5) is 10.3 Å². The van der Waals surface area contributed by atoms with E-state index in [4.69, 9.17) is 0 Å². The van der Waals surface area contributed by atoms with E-state index >= 15 is 0 Å². The summed E-state index contributed by atoms with van der Waals surface area (Å²) in [5.74, 6) is 0.0195. The summed E-state index contributed by atoms with van der Waals surface area (Å²) in [4.78, 5) is 21.9. The fraction of sp³-hybridized carbons (Fsp3) is 0.235. The molecule has 0 aliphatic heterocycles. The molecular weight excluding hydrogens is 339 g/mol. The van der Waals surface area contributed by atoms with E-state index in [0.29, 0.717) is 18.2 Å². The molecule has 0 bridgehead atoms. The lowest BCUT2D eigenvalue weighted by atomic mass is 9.99. The molecule has 0 radical (unpaired) electrons. The first-order chi connectivity index (χ1) is 12.0.